The Balaban J connectivity index is 1.90. The molecule has 0 unspecified atom stereocenters. The summed E-state index contributed by atoms with van der Waals surface area (Å²) >= 11 is 0. The van der Waals surface area contributed by atoms with Crippen LogP contribution < -0.4 is 10.6 Å². The predicted molar refractivity (Wildman–Crippen MR) is 75.6 cm³/mol. The van der Waals surface area contributed by atoms with Crippen molar-refractivity contribution in [3.05, 3.63) is 33.9 Å². The summed E-state index contributed by atoms with van der Waals surface area (Å²) in [6.07, 6.45) is 0. The lowest BCUT2D eigenvalue weighted by Crippen LogP contribution is -2.45. The van der Waals surface area contributed by atoms with Gasteiger partial charge in [0.05, 0.1) is 4.92 Å². The highest BCUT2D eigenvalue weighted by Gasteiger charge is 2.14. The van der Waals surface area contributed by atoms with E-state index in [2.05, 4.69) is 15.5 Å². The first-order chi connectivity index (χ1) is 9.70. The molecule has 1 saturated heterocycles. The summed E-state index contributed by atoms with van der Waals surface area (Å²) < 4.78 is 0. The molecule has 0 aliphatic carbocycles. The Hall–Kier alpha value is -2.17. The molecule has 1 fully saturated rings. The topological polar surface area (TPSA) is 94.2 Å². The number of nitriles is 1. The highest BCUT2D eigenvalue weighted by Crippen LogP contribution is 2.21. The average molecular weight is 275 g/mol. The number of nitro groups is 1. The van der Waals surface area contributed by atoms with Crippen LogP contribution in [-0.2, 0) is 0 Å². The van der Waals surface area contributed by atoms with E-state index in [9.17, 15) is 10.1 Å². The minimum Gasteiger partial charge on any atom is -0.384 e. The number of anilines is 1. The van der Waals surface area contributed by atoms with Crippen LogP contribution in [0.3, 0.4) is 0 Å². The molecule has 1 aliphatic rings. The molecule has 1 aliphatic heterocycles. The molecule has 0 bridgehead atoms. The molecule has 0 spiro atoms. The predicted octanol–water partition coefficient (Wildman–Crippen LogP) is 0.784. The van der Waals surface area contributed by atoms with Crippen LogP contribution in [0.1, 0.15) is 5.56 Å². The monoisotopic (exact) mass is 275 g/mol. The van der Waals surface area contributed by atoms with Gasteiger partial charge in [-0.1, -0.05) is 0 Å². The summed E-state index contributed by atoms with van der Waals surface area (Å²) in [5, 5.41) is 26.1. The smallest absolute Gasteiger partial charge is 0.287 e. The van der Waals surface area contributed by atoms with Gasteiger partial charge in [-0.2, -0.15) is 5.26 Å². The normalized spacial score (nSPS) is 15.6. The molecular weight excluding hydrogens is 258 g/mol. The highest BCUT2D eigenvalue weighted by atomic mass is 16.6. The summed E-state index contributed by atoms with van der Waals surface area (Å²) in [6, 6.07) is 6.38. The van der Waals surface area contributed by atoms with E-state index >= 15 is 0 Å². The molecule has 106 valence electrons. The first kappa shape index (κ1) is 14.2. The van der Waals surface area contributed by atoms with Crippen molar-refractivity contribution in [2.75, 3.05) is 44.6 Å². The summed E-state index contributed by atoms with van der Waals surface area (Å²) in [5.74, 6) is 0. The maximum Gasteiger partial charge on any atom is 0.287 e. The molecule has 0 saturated carbocycles. The Morgan fingerprint density at radius 1 is 1.45 bits per heavy atom. The van der Waals surface area contributed by atoms with Crippen molar-refractivity contribution in [3.8, 4) is 6.07 Å². The van der Waals surface area contributed by atoms with Crippen molar-refractivity contribution in [3.63, 3.8) is 0 Å². The van der Waals surface area contributed by atoms with Crippen molar-refractivity contribution in [2.24, 2.45) is 0 Å². The molecule has 0 radical (unpaired) electrons. The number of nitrogens with zero attached hydrogens (tertiary/aromatic N) is 3. The van der Waals surface area contributed by atoms with Crippen molar-refractivity contribution < 1.29 is 4.92 Å². The third-order valence-corrected chi connectivity index (χ3v) is 3.28. The number of rotatable bonds is 5. The molecular formula is C13H17N5O2. The van der Waals surface area contributed by atoms with Gasteiger partial charge in [-0.3, -0.25) is 15.0 Å². The van der Waals surface area contributed by atoms with Crippen molar-refractivity contribution in [2.45, 2.75) is 0 Å². The van der Waals surface area contributed by atoms with E-state index in [0.29, 0.717) is 0 Å². The van der Waals surface area contributed by atoms with Gasteiger partial charge < -0.3 is 10.6 Å². The lowest BCUT2D eigenvalue weighted by Gasteiger charge is -2.27. The summed E-state index contributed by atoms with van der Waals surface area (Å²) in [5.41, 5.74) is 0.671. The molecule has 2 rings (SSSR count). The van der Waals surface area contributed by atoms with Gasteiger partial charge in [0.1, 0.15) is 11.6 Å². The second-order valence-corrected chi connectivity index (χ2v) is 4.62. The maximum absolute atomic E-state index is 10.7. The van der Waals surface area contributed by atoms with E-state index in [1.54, 1.807) is 6.07 Å². The van der Waals surface area contributed by atoms with Crippen LogP contribution in [0.4, 0.5) is 11.4 Å². The van der Waals surface area contributed by atoms with E-state index in [1.165, 1.54) is 12.1 Å². The highest BCUT2D eigenvalue weighted by molar-refractivity contribution is 5.58. The largest absolute Gasteiger partial charge is 0.384 e. The van der Waals surface area contributed by atoms with Crippen LogP contribution in [0.15, 0.2) is 18.2 Å². The Labute approximate surface area is 117 Å². The lowest BCUT2D eigenvalue weighted by atomic mass is 10.2. The SMILES string of the molecule is N#Cc1cc(NCCN2CCNCC2)ccc1[N+](=O)[O-]. The summed E-state index contributed by atoms with van der Waals surface area (Å²) in [4.78, 5) is 12.5. The molecule has 0 amide bonds. The van der Waals surface area contributed by atoms with E-state index in [-0.39, 0.29) is 11.3 Å². The van der Waals surface area contributed by atoms with Gasteiger partial charge in [-0.15, -0.1) is 0 Å². The van der Waals surface area contributed by atoms with Crippen LogP contribution in [0, 0.1) is 21.4 Å². The van der Waals surface area contributed by atoms with E-state index < -0.39 is 4.92 Å². The number of nitrogens with one attached hydrogen (secondary N) is 2. The Kier molecular flexibility index (Phi) is 4.87. The van der Waals surface area contributed by atoms with Crippen LogP contribution >= 0.6 is 0 Å². The van der Waals surface area contributed by atoms with Gasteiger partial charge in [0, 0.05) is 51.0 Å². The molecule has 20 heavy (non-hydrogen) atoms. The molecule has 1 aromatic rings. The summed E-state index contributed by atoms with van der Waals surface area (Å²) in [6.45, 7) is 5.76. The fraction of sp³-hybridized carbons (Fsp3) is 0.462. The Bertz CT molecular complexity index is 520. The number of nitro benzene ring substituents is 1. The van der Waals surface area contributed by atoms with E-state index in [0.717, 1.165) is 45.0 Å². The molecule has 1 aromatic carbocycles. The quantitative estimate of drug-likeness (QED) is 0.609. The number of benzene rings is 1. The molecule has 0 atom stereocenters. The van der Waals surface area contributed by atoms with Crippen LogP contribution in [0.5, 0.6) is 0 Å². The number of hydrogen-bond acceptors (Lipinski definition) is 6. The zero-order valence-corrected chi connectivity index (χ0v) is 11.1. The Morgan fingerprint density at radius 3 is 2.85 bits per heavy atom. The molecule has 7 heteroatoms. The zero-order chi connectivity index (χ0) is 14.4. The minimum absolute atomic E-state index is 0.0853. The van der Waals surface area contributed by atoms with Gasteiger partial charge in [0.15, 0.2) is 0 Å². The van der Waals surface area contributed by atoms with Crippen molar-refractivity contribution in [1.29, 1.82) is 5.26 Å². The first-order valence-corrected chi connectivity index (χ1v) is 6.56. The molecule has 2 N–H and O–H groups in total. The van der Waals surface area contributed by atoms with Crippen molar-refractivity contribution in [1.82, 2.24) is 10.2 Å². The van der Waals surface area contributed by atoms with Gasteiger partial charge in [0.25, 0.3) is 5.69 Å². The standard InChI is InChI=1S/C13H17N5O2/c14-10-11-9-12(1-2-13(11)18(19)20)16-5-8-17-6-3-15-4-7-17/h1-2,9,15-16H,3-8H2. The van der Waals surface area contributed by atoms with E-state index in [1.807, 2.05) is 6.07 Å². The lowest BCUT2D eigenvalue weighted by molar-refractivity contribution is -0.385. The van der Waals surface area contributed by atoms with Crippen LogP contribution in [0.25, 0.3) is 0 Å². The zero-order valence-electron chi connectivity index (χ0n) is 11.1. The number of piperazine rings is 1. The third-order valence-electron chi connectivity index (χ3n) is 3.28. The van der Waals surface area contributed by atoms with Gasteiger partial charge in [0.2, 0.25) is 0 Å². The van der Waals surface area contributed by atoms with Crippen LogP contribution in [0.2, 0.25) is 0 Å². The Morgan fingerprint density at radius 2 is 2.20 bits per heavy atom. The van der Waals surface area contributed by atoms with Crippen molar-refractivity contribution >= 4 is 11.4 Å². The second-order valence-electron chi connectivity index (χ2n) is 4.62. The van der Waals surface area contributed by atoms with Gasteiger partial charge >= 0.3 is 0 Å². The fourth-order valence-corrected chi connectivity index (χ4v) is 2.19. The third kappa shape index (κ3) is 3.66. The molecule has 1 heterocycles. The van der Waals surface area contributed by atoms with E-state index in [4.69, 9.17) is 5.26 Å². The number of hydrogen-bond donors (Lipinski definition) is 2. The van der Waals surface area contributed by atoms with Gasteiger partial charge in [-0.25, -0.2) is 0 Å². The van der Waals surface area contributed by atoms with Crippen LogP contribution in [-0.4, -0.2) is 49.1 Å². The minimum atomic E-state index is -0.539. The summed E-state index contributed by atoms with van der Waals surface area (Å²) in [7, 11) is 0. The molecule has 7 nitrogen and oxygen atoms in total. The first-order valence-electron chi connectivity index (χ1n) is 6.56. The maximum atomic E-state index is 10.7. The average Bonchev–Trinajstić information content (AvgIpc) is 2.48. The fourth-order valence-electron chi connectivity index (χ4n) is 2.19. The molecule has 0 aromatic heterocycles. The van der Waals surface area contributed by atoms with Gasteiger partial charge in [-0.05, 0) is 12.1 Å². The second kappa shape index (κ2) is 6.84.